The molecular formula is C14H20N2O4S. The fourth-order valence-electron chi connectivity index (χ4n) is 2.86. The van der Waals surface area contributed by atoms with E-state index in [9.17, 15) is 8.42 Å². The van der Waals surface area contributed by atoms with Crippen LogP contribution in [0.1, 0.15) is 24.4 Å². The molecule has 2 heterocycles. The van der Waals surface area contributed by atoms with E-state index in [-0.39, 0.29) is 12.8 Å². The second-order valence-corrected chi connectivity index (χ2v) is 7.33. The maximum absolute atomic E-state index is 11.4. The lowest BCUT2D eigenvalue weighted by Gasteiger charge is -2.28. The first-order chi connectivity index (χ1) is 10.0. The Morgan fingerprint density at radius 3 is 2.67 bits per heavy atom. The van der Waals surface area contributed by atoms with Crippen LogP contribution < -0.4 is 14.2 Å². The Hall–Kier alpha value is -1.31. The number of sulfonamides is 1. The van der Waals surface area contributed by atoms with Gasteiger partial charge in [-0.25, -0.2) is 13.1 Å². The first kappa shape index (κ1) is 14.6. The maximum atomic E-state index is 11.4. The van der Waals surface area contributed by atoms with Crippen LogP contribution in [0, 0.1) is 0 Å². The van der Waals surface area contributed by atoms with E-state index in [2.05, 4.69) is 9.62 Å². The molecule has 7 heteroatoms. The van der Waals surface area contributed by atoms with E-state index >= 15 is 0 Å². The van der Waals surface area contributed by atoms with Gasteiger partial charge in [-0.2, -0.15) is 0 Å². The van der Waals surface area contributed by atoms with Crippen molar-refractivity contribution < 1.29 is 17.9 Å². The Kier molecular flexibility index (Phi) is 4.05. The van der Waals surface area contributed by atoms with Gasteiger partial charge in [0.2, 0.25) is 16.8 Å². The number of nitrogens with one attached hydrogen (secondary N) is 1. The lowest BCUT2D eigenvalue weighted by atomic mass is 10.1. The predicted octanol–water partition coefficient (Wildman–Crippen LogP) is 1.10. The van der Waals surface area contributed by atoms with Crippen LogP contribution in [0.15, 0.2) is 18.2 Å². The number of likely N-dealkylation sites (tertiary alicyclic amines) is 1. The molecule has 1 aromatic rings. The van der Waals surface area contributed by atoms with Gasteiger partial charge in [-0.1, -0.05) is 6.07 Å². The summed E-state index contributed by atoms with van der Waals surface area (Å²) in [5, 5.41) is 0. The number of rotatable bonds is 5. The van der Waals surface area contributed by atoms with Crippen molar-refractivity contribution >= 4 is 10.0 Å². The summed E-state index contributed by atoms with van der Waals surface area (Å²) in [6.45, 7) is 2.60. The van der Waals surface area contributed by atoms with E-state index in [0.717, 1.165) is 43.0 Å². The van der Waals surface area contributed by atoms with Crippen molar-refractivity contribution in [2.45, 2.75) is 18.9 Å². The quantitative estimate of drug-likeness (QED) is 0.882. The third kappa shape index (κ3) is 3.48. The first-order valence-electron chi connectivity index (χ1n) is 7.11. The molecule has 0 saturated carbocycles. The summed E-state index contributed by atoms with van der Waals surface area (Å²) in [5.74, 6) is 1.48. The molecular weight excluding hydrogens is 292 g/mol. The average Bonchev–Trinajstić information content (AvgIpc) is 3.07. The molecule has 116 valence electrons. The van der Waals surface area contributed by atoms with Gasteiger partial charge in [0.25, 0.3) is 0 Å². The van der Waals surface area contributed by atoms with E-state index in [1.165, 1.54) is 6.26 Å². The molecule has 0 aromatic heterocycles. The Morgan fingerprint density at radius 2 is 1.95 bits per heavy atom. The number of hydrogen-bond acceptors (Lipinski definition) is 5. The smallest absolute Gasteiger partial charge is 0.231 e. The van der Waals surface area contributed by atoms with E-state index in [0.29, 0.717) is 6.54 Å². The van der Waals surface area contributed by atoms with Gasteiger partial charge in [0.05, 0.1) is 6.26 Å². The fourth-order valence-corrected chi connectivity index (χ4v) is 3.32. The molecule has 2 aliphatic rings. The minimum Gasteiger partial charge on any atom is -0.454 e. The summed E-state index contributed by atoms with van der Waals surface area (Å²) in [6.07, 6.45) is 3.49. The lowest BCUT2D eigenvalue weighted by Crippen LogP contribution is -2.36. The number of ether oxygens (including phenoxy) is 2. The van der Waals surface area contributed by atoms with Gasteiger partial charge < -0.3 is 9.47 Å². The van der Waals surface area contributed by atoms with Gasteiger partial charge in [0.15, 0.2) is 11.5 Å². The van der Waals surface area contributed by atoms with Crippen LogP contribution in [0.3, 0.4) is 0 Å². The molecule has 0 bridgehead atoms. The Morgan fingerprint density at radius 1 is 1.24 bits per heavy atom. The maximum Gasteiger partial charge on any atom is 0.231 e. The van der Waals surface area contributed by atoms with Gasteiger partial charge in [0, 0.05) is 12.6 Å². The van der Waals surface area contributed by atoms with Gasteiger partial charge in [-0.3, -0.25) is 4.90 Å². The molecule has 0 spiro atoms. The number of fused-ring (bicyclic) bond motifs is 1. The van der Waals surface area contributed by atoms with E-state index in [4.69, 9.17) is 9.47 Å². The van der Waals surface area contributed by atoms with Crippen LogP contribution in [0.5, 0.6) is 11.5 Å². The number of nitrogens with zero attached hydrogens (tertiary/aromatic N) is 1. The summed E-state index contributed by atoms with van der Waals surface area (Å²) < 4.78 is 36.2. The van der Waals surface area contributed by atoms with E-state index < -0.39 is 10.0 Å². The van der Waals surface area contributed by atoms with Crippen molar-refractivity contribution in [1.29, 1.82) is 0 Å². The Balaban J connectivity index is 1.83. The standard InChI is InChI=1S/C14H20N2O4S/c1-21(17,18)15-9-12(16-6-2-3-7-16)11-4-5-13-14(8-11)20-10-19-13/h4-5,8,12,15H,2-3,6-7,9-10H2,1H3. The lowest BCUT2D eigenvalue weighted by molar-refractivity contribution is 0.173. The van der Waals surface area contributed by atoms with Gasteiger partial charge in [-0.05, 0) is 43.6 Å². The van der Waals surface area contributed by atoms with E-state index in [1.807, 2.05) is 18.2 Å². The first-order valence-corrected chi connectivity index (χ1v) is 9.00. The molecule has 0 radical (unpaired) electrons. The summed E-state index contributed by atoms with van der Waals surface area (Å²) >= 11 is 0. The minimum absolute atomic E-state index is 0.0247. The van der Waals surface area contributed by atoms with Crippen molar-refractivity contribution in [2.24, 2.45) is 0 Å². The average molecular weight is 312 g/mol. The zero-order chi connectivity index (χ0) is 14.9. The SMILES string of the molecule is CS(=O)(=O)NCC(c1ccc2c(c1)OCO2)N1CCCC1. The summed E-state index contributed by atoms with van der Waals surface area (Å²) in [5.41, 5.74) is 1.05. The highest BCUT2D eigenvalue weighted by Crippen LogP contribution is 2.36. The fraction of sp³-hybridized carbons (Fsp3) is 0.571. The highest BCUT2D eigenvalue weighted by Gasteiger charge is 2.26. The molecule has 0 amide bonds. The molecule has 1 unspecified atom stereocenters. The Bertz CT molecular complexity index is 611. The Labute approximate surface area is 125 Å². The van der Waals surface area contributed by atoms with E-state index in [1.54, 1.807) is 0 Å². The summed E-state index contributed by atoms with van der Waals surface area (Å²) in [7, 11) is -3.20. The van der Waals surface area contributed by atoms with Crippen molar-refractivity contribution in [1.82, 2.24) is 9.62 Å². The topological polar surface area (TPSA) is 67.9 Å². The van der Waals surface area contributed by atoms with Crippen LogP contribution in [0.2, 0.25) is 0 Å². The highest BCUT2D eigenvalue weighted by atomic mass is 32.2. The van der Waals surface area contributed by atoms with Gasteiger partial charge in [-0.15, -0.1) is 0 Å². The molecule has 1 N–H and O–H groups in total. The number of benzene rings is 1. The van der Waals surface area contributed by atoms with Crippen LogP contribution in [-0.2, 0) is 10.0 Å². The molecule has 21 heavy (non-hydrogen) atoms. The van der Waals surface area contributed by atoms with Gasteiger partial charge in [0.1, 0.15) is 0 Å². The second-order valence-electron chi connectivity index (χ2n) is 5.49. The molecule has 2 aliphatic heterocycles. The van der Waals surface area contributed by atoms with Crippen LogP contribution >= 0.6 is 0 Å². The van der Waals surface area contributed by atoms with Crippen molar-refractivity contribution in [2.75, 3.05) is 32.7 Å². The third-order valence-corrected chi connectivity index (χ3v) is 4.59. The van der Waals surface area contributed by atoms with Crippen molar-refractivity contribution in [3.63, 3.8) is 0 Å². The predicted molar refractivity (Wildman–Crippen MR) is 79.0 cm³/mol. The van der Waals surface area contributed by atoms with Crippen LogP contribution in [-0.4, -0.2) is 46.0 Å². The highest BCUT2D eigenvalue weighted by molar-refractivity contribution is 7.88. The monoisotopic (exact) mass is 312 g/mol. The molecule has 1 atom stereocenters. The van der Waals surface area contributed by atoms with Crippen LogP contribution in [0.4, 0.5) is 0 Å². The largest absolute Gasteiger partial charge is 0.454 e. The number of hydrogen-bond donors (Lipinski definition) is 1. The molecule has 3 rings (SSSR count). The van der Waals surface area contributed by atoms with Crippen molar-refractivity contribution in [3.8, 4) is 11.5 Å². The zero-order valence-corrected chi connectivity index (χ0v) is 12.9. The zero-order valence-electron chi connectivity index (χ0n) is 12.0. The van der Waals surface area contributed by atoms with Gasteiger partial charge >= 0.3 is 0 Å². The summed E-state index contributed by atoms with van der Waals surface area (Å²) in [6, 6.07) is 5.86. The summed E-state index contributed by atoms with van der Waals surface area (Å²) in [4.78, 5) is 2.32. The molecule has 1 saturated heterocycles. The molecule has 0 aliphatic carbocycles. The second kappa shape index (κ2) is 5.82. The van der Waals surface area contributed by atoms with Crippen molar-refractivity contribution in [3.05, 3.63) is 23.8 Å². The van der Waals surface area contributed by atoms with Crippen LogP contribution in [0.25, 0.3) is 0 Å². The normalized spacial score (nSPS) is 19.9. The molecule has 1 fully saturated rings. The minimum atomic E-state index is -3.20. The molecule has 1 aromatic carbocycles. The third-order valence-electron chi connectivity index (χ3n) is 3.90. The molecule has 6 nitrogen and oxygen atoms in total.